The molecule has 1 fully saturated rings. The van der Waals surface area contributed by atoms with Crippen LogP contribution in [-0.4, -0.2) is 40.1 Å². The van der Waals surface area contributed by atoms with Crippen LogP contribution in [0, 0.1) is 6.92 Å². The van der Waals surface area contributed by atoms with E-state index in [1.165, 1.54) is 16.9 Å². The van der Waals surface area contributed by atoms with Gasteiger partial charge in [0, 0.05) is 24.0 Å². The molecular formula is C16H18N2O2S. The number of rotatable bonds is 2. The maximum Gasteiger partial charge on any atom is 0.273 e. The van der Waals surface area contributed by atoms with Crippen LogP contribution in [0.1, 0.15) is 28.9 Å². The Kier molecular flexibility index (Phi) is 4.03. The molecule has 1 saturated heterocycles. The summed E-state index contributed by atoms with van der Waals surface area (Å²) in [5, 5.41) is 12.2. The van der Waals surface area contributed by atoms with Gasteiger partial charge in [0.1, 0.15) is 10.7 Å². The fourth-order valence-electron chi connectivity index (χ4n) is 2.43. The zero-order valence-corrected chi connectivity index (χ0v) is 12.8. The van der Waals surface area contributed by atoms with Crippen molar-refractivity contribution in [3.63, 3.8) is 0 Å². The van der Waals surface area contributed by atoms with E-state index in [0.29, 0.717) is 31.6 Å². The number of thiazole rings is 1. The van der Waals surface area contributed by atoms with Crippen LogP contribution in [0.15, 0.2) is 29.6 Å². The molecule has 21 heavy (non-hydrogen) atoms. The predicted octanol–water partition coefficient (Wildman–Crippen LogP) is 2.72. The number of aryl methyl sites for hydroxylation is 1. The molecule has 4 nitrogen and oxygen atoms in total. The summed E-state index contributed by atoms with van der Waals surface area (Å²) in [4.78, 5) is 18.6. The molecule has 0 saturated carbocycles. The topological polar surface area (TPSA) is 53.4 Å². The molecule has 1 aromatic heterocycles. The van der Waals surface area contributed by atoms with Gasteiger partial charge in [-0.05, 0) is 19.8 Å². The highest BCUT2D eigenvalue weighted by Crippen LogP contribution is 2.25. The van der Waals surface area contributed by atoms with E-state index in [2.05, 4.69) is 4.98 Å². The number of amides is 1. The molecule has 110 valence electrons. The largest absolute Gasteiger partial charge is 0.393 e. The number of hydrogen-bond donors (Lipinski definition) is 1. The number of hydrogen-bond acceptors (Lipinski definition) is 4. The third-order valence-corrected chi connectivity index (χ3v) is 4.66. The van der Waals surface area contributed by atoms with Crippen LogP contribution in [0.3, 0.4) is 0 Å². The summed E-state index contributed by atoms with van der Waals surface area (Å²) in [7, 11) is 0. The highest BCUT2D eigenvalue weighted by atomic mass is 32.1. The van der Waals surface area contributed by atoms with Crippen molar-refractivity contribution in [2.75, 3.05) is 13.1 Å². The number of piperidine rings is 1. The molecule has 0 radical (unpaired) electrons. The Morgan fingerprint density at radius 2 is 1.95 bits per heavy atom. The molecule has 5 heteroatoms. The Bertz CT molecular complexity index is 628. The minimum Gasteiger partial charge on any atom is -0.393 e. The summed E-state index contributed by atoms with van der Waals surface area (Å²) < 4.78 is 0. The minimum absolute atomic E-state index is 0.0310. The van der Waals surface area contributed by atoms with Gasteiger partial charge in [0.05, 0.1) is 6.10 Å². The average Bonchev–Trinajstić information content (AvgIpc) is 2.98. The quantitative estimate of drug-likeness (QED) is 0.928. The van der Waals surface area contributed by atoms with Crippen molar-refractivity contribution in [3.05, 3.63) is 40.9 Å². The van der Waals surface area contributed by atoms with Gasteiger partial charge in [-0.1, -0.05) is 29.8 Å². The number of nitrogens with zero attached hydrogens (tertiary/aromatic N) is 2. The van der Waals surface area contributed by atoms with Crippen LogP contribution < -0.4 is 0 Å². The van der Waals surface area contributed by atoms with E-state index in [9.17, 15) is 9.90 Å². The fraction of sp³-hybridized carbons (Fsp3) is 0.375. The van der Waals surface area contributed by atoms with Crippen LogP contribution in [0.4, 0.5) is 0 Å². The first-order valence-electron chi connectivity index (χ1n) is 7.13. The predicted molar refractivity (Wildman–Crippen MR) is 83.4 cm³/mol. The van der Waals surface area contributed by atoms with Crippen LogP contribution in [0.25, 0.3) is 10.6 Å². The third-order valence-electron chi connectivity index (χ3n) is 3.77. The van der Waals surface area contributed by atoms with E-state index in [4.69, 9.17) is 0 Å². The number of benzene rings is 1. The van der Waals surface area contributed by atoms with Crippen molar-refractivity contribution in [1.82, 2.24) is 9.88 Å². The summed E-state index contributed by atoms with van der Waals surface area (Å²) in [5.41, 5.74) is 2.75. The molecule has 0 aliphatic carbocycles. The van der Waals surface area contributed by atoms with Gasteiger partial charge in [-0.2, -0.15) is 0 Å². The van der Waals surface area contributed by atoms with Crippen molar-refractivity contribution < 1.29 is 9.90 Å². The second kappa shape index (κ2) is 5.95. The van der Waals surface area contributed by atoms with Crippen LogP contribution >= 0.6 is 11.3 Å². The fourth-order valence-corrected chi connectivity index (χ4v) is 3.23. The number of carbonyl (C=O) groups is 1. The Balaban J connectivity index is 1.75. The molecule has 3 rings (SSSR count). The third kappa shape index (κ3) is 3.14. The summed E-state index contributed by atoms with van der Waals surface area (Å²) >= 11 is 1.49. The van der Waals surface area contributed by atoms with E-state index in [-0.39, 0.29) is 12.0 Å². The van der Waals surface area contributed by atoms with Gasteiger partial charge in [-0.3, -0.25) is 4.79 Å². The standard InChI is InChI=1S/C16H18N2O2S/c1-11-2-4-12(5-3-11)15-17-14(10-21-15)16(20)18-8-6-13(19)7-9-18/h2-5,10,13,19H,6-9H2,1H3. The monoisotopic (exact) mass is 302 g/mol. The molecular weight excluding hydrogens is 284 g/mol. The molecule has 0 spiro atoms. The number of aromatic nitrogens is 1. The van der Waals surface area contributed by atoms with E-state index in [1.54, 1.807) is 4.90 Å². The number of aliphatic hydroxyl groups excluding tert-OH is 1. The molecule has 1 amide bonds. The second-order valence-corrected chi connectivity index (χ2v) is 6.29. The zero-order chi connectivity index (χ0) is 14.8. The molecule has 1 aliphatic heterocycles. The smallest absolute Gasteiger partial charge is 0.273 e. The van der Waals surface area contributed by atoms with Crippen molar-refractivity contribution in [2.45, 2.75) is 25.9 Å². The first-order chi connectivity index (χ1) is 10.1. The Morgan fingerprint density at radius 1 is 1.29 bits per heavy atom. The van der Waals surface area contributed by atoms with Crippen molar-refractivity contribution >= 4 is 17.2 Å². The van der Waals surface area contributed by atoms with Crippen LogP contribution in [0.5, 0.6) is 0 Å². The number of likely N-dealkylation sites (tertiary alicyclic amines) is 1. The van der Waals surface area contributed by atoms with Gasteiger partial charge in [-0.15, -0.1) is 11.3 Å². The van der Waals surface area contributed by atoms with E-state index < -0.39 is 0 Å². The SMILES string of the molecule is Cc1ccc(-c2nc(C(=O)N3CCC(O)CC3)cs2)cc1. The average molecular weight is 302 g/mol. The second-order valence-electron chi connectivity index (χ2n) is 5.43. The molecule has 1 aliphatic rings. The van der Waals surface area contributed by atoms with Gasteiger partial charge in [0.2, 0.25) is 0 Å². The molecule has 2 aromatic rings. The maximum absolute atomic E-state index is 12.4. The van der Waals surface area contributed by atoms with Gasteiger partial charge < -0.3 is 10.0 Å². The van der Waals surface area contributed by atoms with E-state index in [0.717, 1.165) is 10.6 Å². The highest BCUT2D eigenvalue weighted by Gasteiger charge is 2.24. The summed E-state index contributed by atoms with van der Waals surface area (Å²) in [6.45, 7) is 3.26. The molecule has 0 atom stereocenters. The van der Waals surface area contributed by atoms with Gasteiger partial charge in [-0.25, -0.2) is 4.98 Å². The number of carbonyl (C=O) groups excluding carboxylic acids is 1. The Hall–Kier alpha value is -1.72. The lowest BCUT2D eigenvalue weighted by Gasteiger charge is -2.28. The lowest BCUT2D eigenvalue weighted by atomic mass is 10.1. The summed E-state index contributed by atoms with van der Waals surface area (Å²) in [5.74, 6) is -0.0310. The molecule has 1 aromatic carbocycles. The lowest BCUT2D eigenvalue weighted by Crippen LogP contribution is -2.40. The van der Waals surface area contributed by atoms with Gasteiger partial charge in [0.15, 0.2) is 0 Å². The minimum atomic E-state index is -0.271. The molecule has 2 heterocycles. The first kappa shape index (κ1) is 14.2. The van der Waals surface area contributed by atoms with Crippen LogP contribution in [0.2, 0.25) is 0 Å². The maximum atomic E-state index is 12.4. The van der Waals surface area contributed by atoms with Gasteiger partial charge >= 0.3 is 0 Å². The summed E-state index contributed by atoms with van der Waals surface area (Å²) in [6, 6.07) is 8.15. The zero-order valence-electron chi connectivity index (χ0n) is 12.0. The normalized spacial score (nSPS) is 16.2. The van der Waals surface area contributed by atoms with Crippen LogP contribution in [-0.2, 0) is 0 Å². The number of aliphatic hydroxyl groups is 1. The Labute approximate surface area is 128 Å². The summed E-state index contributed by atoms with van der Waals surface area (Å²) in [6.07, 6.45) is 1.04. The van der Waals surface area contributed by atoms with Crippen molar-refractivity contribution in [1.29, 1.82) is 0 Å². The Morgan fingerprint density at radius 3 is 2.62 bits per heavy atom. The van der Waals surface area contributed by atoms with E-state index in [1.807, 2.05) is 36.6 Å². The molecule has 0 bridgehead atoms. The highest BCUT2D eigenvalue weighted by molar-refractivity contribution is 7.13. The van der Waals surface area contributed by atoms with E-state index >= 15 is 0 Å². The van der Waals surface area contributed by atoms with Gasteiger partial charge in [0.25, 0.3) is 5.91 Å². The lowest BCUT2D eigenvalue weighted by molar-refractivity contribution is 0.0542. The first-order valence-corrected chi connectivity index (χ1v) is 8.01. The van der Waals surface area contributed by atoms with Crippen molar-refractivity contribution in [3.8, 4) is 10.6 Å². The molecule has 0 unspecified atom stereocenters. The van der Waals surface area contributed by atoms with Crippen molar-refractivity contribution in [2.24, 2.45) is 0 Å². The molecule has 1 N–H and O–H groups in total.